The number of imidazole rings is 1. The van der Waals surface area contributed by atoms with E-state index in [-0.39, 0.29) is 10.6 Å². The molecule has 0 aliphatic heterocycles. The van der Waals surface area contributed by atoms with Gasteiger partial charge in [0.15, 0.2) is 5.16 Å². The van der Waals surface area contributed by atoms with Crippen molar-refractivity contribution in [3.8, 4) is 0 Å². The maximum atomic E-state index is 12.8. The van der Waals surface area contributed by atoms with Gasteiger partial charge in [-0.3, -0.25) is 10.1 Å². The van der Waals surface area contributed by atoms with Gasteiger partial charge in [0, 0.05) is 37.5 Å². The third-order valence-electron chi connectivity index (χ3n) is 4.86. The van der Waals surface area contributed by atoms with Crippen LogP contribution in [0.5, 0.6) is 0 Å². The molecule has 30 heavy (non-hydrogen) atoms. The van der Waals surface area contributed by atoms with Gasteiger partial charge in [0.05, 0.1) is 20.9 Å². The molecule has 10 heteroatoms. The van der Waals surface area contributed by atoms with Gasteiger partial charge in [-0.15, -0.1) is 0 Å². The fourth-order valence-corrected chi connectivity index (χ4v) is 5.75. The van der Waals surface area contributed by atoms with E-state index in [0.29, 0.717) is 30.9 Å². The molecule has 0 saturated carbocycles. The fourth-order valence-electron chi connectivity index (χ4n) is 3.24. The third kappa shape index (κ3) is 4.35. The molecule has 0 fully saturated rings. The Morgan fingerprint density at radius 3 is 2.33 bits per heavy atom. The van der Waals surface area contributed by atoms with E-state index >= 15 is 0 Å². The van der Waals surface area contributed by atoms with E-state index < -0.39 is 14.9 Å². The van der Waals surface area contributed by atoms with Crippen molar-refractivity contribution in [1.82, 2.24) is 13.9 Å². The molecule has 0 atom stereocenters. The van der Waals surface area contributed by atoms with Gasteiger partial charge in [-0.25, -0.2) is 13.4 Å². The Balaban J connectivity index is 1.89. The van der Waals surface area contributed by atoms with Gasteiger partial charge in [0.1, 0.15) is 0 Å². The van der Waals surface area contributed by atoms with E-state index in [4.69, 9.17) is 0 Å². The van der Waals surface area contributed by atoms with Crippen LogP contribution in [0.25, 0.3) is 11.0 Å². The highest BCUT2D eigenvalue weighted by atomic mass is 32.2. The number of sulfonamides is 1. The highest BCUT2D eigenvalue weighted by molar-refractivity contribution is 7.98. The molecular weight excluding hydrogens is 424 g/mol. The number of hydrogen-bond donors (Lipinski definition) is 0. The van der Waals surface area contributed by atoms with Crippen LogP contribution in [-0.2, 0) is 22.3 Å². The molecule has 3 aromatic rings. The Bertz CT molecular complexity index is 1150. The molecule has 0 spiro atoms. The Hall–Kier alpha value is -2.43. The number of thioether (sulfide) groups is 1. The van der Waals surface area contributed by atoms with Crippen molar-refractivity contribution < 1.29 is 13.3 Å². The lowest BCUT2D eigenvalue weighted by Gasteiger charge is -2.18. The molecule has 3 rings (SSSR count). The summed E-state index contributed by atoms with van der Waals surface area (Å²) in [6, 6.07) is 11.5. The first kappa shape index (κ1) is 22.3. The van der Waals surface area contributed by atoms with E-state index in [2.05, 4.69) is 4.98 Å². The average molecular weight is 449 g/mol. The minimum Gasteiger partial charge on any atom is -0.319 e. The van der Waals surface area contributed by atoms with Crippen LogP contribution >= 0.6 is 11.8 Å². The van der Waals surface area contributed by atoms with E-state index in [1.165, 1.54) is 28.2 Å². The van der Waals surface area contributed by atoms with Crippen molar-refractivity contribution in [2.75, 3.05) is 13.1 Å². The second-order valence-electron chi connectivity index (χ2n) is 6.59. The molecule has 1 heterocycles. The summed E-state index contributed by atoms with van der Waals surface area (Å²) >= 11 is 1.52. The standard InChI is InChI=1S/C20H24N4O4S2/c1-4-22(5-2)30(27,28)17-11-12-19-18(13-17)21-20(23(19)6-3)29-14-15-7-9-16(10-8-15)24(25)26/h7-13H,4-6,14H2,1-3H3. The van der Waals surface area contributed by atoms with Gasteiger partial charge in [0.2, 0.25) is 10.0 Å². The smallest absolute Gasteiger partial charge is 0.269 e. The van der Waals surface area contributed by atoms with Gasteiger partial charge in [0.25, 0.3) is 5.69 Å². The van der Waals surface area contributed by atoms with Crippen molar-refractivity contribution >= 4 is 38.5 Å². The van der Waals surface area contributed by atoms with E-state index in [0.717, 1.165) is 16.2 Å². The van der Waals surface area contributed by atoms with Crippen molar-refractivity contribution in [2.45, 2.75) is 43.1 Å². The van der Waals surface area contributed by atoms with Crippen LogP contribution < -0.4 is 0 Å². The molecule has 0 aliphatic carbocycles. The number of rotatable bonds is 9. The largest absolute Gasteiger partial charge is 0.319 e. The summed E-state index contributed by atoms with van der Waals surface area (Å²) in [7, 11) is -3.55. The monoisotopic (exact) mass is 448 g/mol. The molecular formula is C20H24N4O4S2. The highest BCUT2D eigenvalue weighted by Gasteiger charge is 2.23. The Morgan fingerprint density at radius 2 is 1.77 bits per heavy atom. The van der Waals surface area contributed by atoms with Gasteiger partial charge in [-0.05, 0) is 30.7 Å². The van der Waals surface area contributed by atoms with E-state index in [1.807, 2.05) is 25.3 Å². The molecule has 160 valence electrons. The quantitative estimate of drug-likeness (QED) is 0.275. The van der Waals surface area contributed by atoms with Gasteiger partial charge in [-0.2, -0.15) is 4.31 Å². The number of hydrogen-bond acceptors (Lipinski definition) is 6. The number of benzene rings is 2. The van der Waals surface area contributed by atoms with Crippen LogP contribution in [0.2, 0.25) is 0 Å². The number of nitrogens with zero attached hydrogens (tertiary/aromatic N) is 4. The number of nitro groups is 1. The Kier molecular flexibility index (Phi) is 6.79. The van der Waals surface area contributed by atoms with Crippen LogP contribution in [0.4, 0.5) is 5.69 Å². The highest BCUT2D eigenvalue weighted by Crippen LogP contribution is 2.29. The molecule has 0 unspecified atom stereocenters. The topological polar surface area (TPSA) is 98.3 Å². The summed E-state index contributed by atoms with van der Waals surface area (Å²) in [6.07, 6.45) is 0. The SMILES string of the molecule is CCN(CC)S(=O)(=O)c1ccc2c(c1)nc(SCc1ccc([N+](=O)[O-])cc1)n2CC. The van der Waals surface area contributed by atoms with Crippen molar-refractivity contribution in [3.63, 3.8) is 0 Å². The zero-order valence-corrected chi connectivity index (χ0v) is 18.7. The number of aromatic nitrogens is 2. The molecule has 8 nitrogen and oxygen atoms in total. The Morgan fingerprint density at radius 1 is 1.10 bits per heavy atom. The summed E-state index contributed by atoms with van der Waals surface area (Å²) in [6.45, 7) is 7.17. The minimum atomic E-state index is -3.55. The molecule has 0 amide bonds. The lowest BCUT2D eigenvalue weighted by atomic mass is 10.2. The first-order valence-corrected chi connectivity index (χ1v) is 12.1. The maximum absolute atomic E-state index is 12.8. The first-order valence-electron chi connectivity index (χ1n) is 9.68. The molecule has 0 radical (unpaired) electrons. The zero-order valence-electron chi connectivity index (χ0n) is 17.1. The molecule has 0 saturated heterocycles. The number of aryl methyl sites for hydroxylation is 1. The minimum absolute atomic E-state index is 0.0616. The molecule has 2 aromatic carbocycles. The predicted molar refractivity (Wildman–Crippen MR) is 118 cm³/mol. The lowest BCUT2D eigenvalue weighted by Crippen LogP contribution is -2.30. The van der Waals surface area contributed by atoms with E-state index in [9.17, 15) is 18.5 Å². The normalized spacial score (nSPS) is 12.0. The summed E-state index contributed by atoms with van der Waals surface area (Å²) < 4.78 is 29.1. The third-order valence-corrected chi connectivity index (χ3v) is 7.95. The Labute approximate surface area is 180 Å². The maximum Gasteiger partial charge on any atom is 0.269 e. The lowest BCUT2D eigenvalue weighted by molar-refractivity contribution is -0.384. The predicted octanol–water partition coefficient (Wildman–Crippen LogP) is 4.29. The summed E-state index contributed by atoms with van der Waals surface area (Å²) in [5.74, 6) is 0.603. The van der Waals surface area contributed by atoms with Gasteiger partial charge < -0.3 is 4.57 Å². The average Bonchev–Trinajstić information content (AvgIpc) is 3.09. The summed E-state index contributed by atoms with van der Waals surface area (Å²) in [4.78, 5) is 15.3. The van der Waals surface area contributed by atoms with Crippen molar-refractivity contribution in [2.24, 2.45) is 0 Å². The number of non-ortho nitro benzene ring substituents is 1. The molecule has 1 aromatic heterocycles. The number of fused-ring (bicyclic) bond motifs is 1. The van der Waals surface area contributed by atoms with Crippen molar-refractivity contribution in [3.05, 3.63) is 58.1 Å². The van der Waals surface area contributed by atoms with Crippen LogP contribution in [0.3, 0.4) is 0 Å². The summed E-state index contributed by atoms with van der Waals surface area (Å²) in [5.41, 5.74) is 2.52. The number of nitro benzene ring substituents is 1. The second kappa shape index (κ2) is 9.15. The van der Waals surface area contributed by atoms with Crippen LogP contribution in [-0.4, -0.2) is 40.3 Å². The van der Waals surface area contributed by atoms with Gasteiger partial charge in [-0.1, -0.05) is 37.7 Å². The first-order chi connectivity index (χ1) is 14.3. The van der Waals surface area contributed by atoms with Gasteiger partial charge >= 0.3 is 0 Å². The van der Waals surface area contributed by atoms with Crippen LogP contribution in [0.15, 0.2) is 52.5 Å². The molecule has 0 bridgehead atoms. The fraction of sp³-hybridized carbons (Fsp3) is 0.350. The van der Waals surface area contributed by atoms with Crippen LogP contribution in [0.1, 0.15) is 26.3 Å². The van der Waals surface area contributed by atoms with Crippen molar-refractivity contribution in [1.29, 1.82) is 0 Å². The van der Waals surface area contributed by atoms with E-state index in [1.54, 1.807) is 30.3 Å². The molecule has 0 N–H and O–H groups in total. The van der Waals surface area contributed by atoms with Crippen LogP contribution in [0, 0.1) is 10.1 Å². The zero-order chi connectivity index (χ0) is 21.9. The molecule has 0 aliphatic rings. The summed E-state index contributed by atoms with van der Waals surface area (Å²) in [5, 5.41) is 11.6. The second-order valence-corrected chi connectivity index (χ2v) is 9.47.